The van der Waals surface area contributed by atoms with E-state index < -0.39 is 16.1 Å². The number of hydrogen-bond donors (Lipinski definition) is 2. The van der Waals surface area contributed by atoms with E-state index in [9.17, 15) is 13.5 Å². The third-order valence-corrected chi connectivity index (χ3v) is 5.51. The molecule has 0 radical (unpaired) electrons. The highest BCUT2D eigenvalue weighted by molar-refractivity contribution is 7.91. The number of aliphatic hydroxyl groups excluding tert-OH is 1. The zero-order chi connectivity index (χ0) is 13.7. The molecule has 2 N–H and O–H groups in total. The molecule has 19 heavy (non-hydrogen) atoms. The van der Waals surface area contributed by atoms with Crippen molar-refractivity contribution in [3.63, 3.8) is 0 Å². The maximum absolute atomic E-state index is 11.8. The molecule has 0 aliphatic carbocycles. The Morgan fingerprint density at radius 2 is 1.89 bits per heavy atom. The van der Waals surface area contributed by atoms with Gasteiger partial charge in [0, 0.05) is 6.54 Å². The Morgan fingerprint density at radius 1 is 1.16 bits per heavy atom. The van der Waals surface area contributed by atoms with Gasteiger partial charge in [0.1, 0.15) is 4.21 Å². The lowest BCUT2D eigenvalue weighted by Gasteiger charge is -2.11. The lowest BCUT2D eigenvalue weighted by Crippen LogP contribution is -2.25. The summed E-state index contributed by atoms with van der Waals surface area (Å²) >= 11 is 1.17. The number of thiophene rings is 1. The Kier molecular flexibility index (Phi) is 4.71. The van der Waals surface area contributed by atoms with E-state index in [2.05, 4.69) is 4.72 Å². The van der Waals surface area contributed by atoms with E-state index in [0.717, 1.165) is 5.56 Å². The molecule has 1 atom stereocenters. The fourth-order valence-electron chi connectivity index (χ4n) is 1.66. The van der Waals surface area contributed by atoms with Crippen LogP contribution in [0, 0.1) is 0 Å². The highest BCUT2D eigenvalue weighted by atomic mass is 32.2. The molecule has 0 aliphatic heterocycles. The Bertz CT molecular complexity index is 594. The van der Waals surface area contributed by atoms with Crippen LogP contribution in [0.3, 0.4) is 0 Å². The second-order valence-electron chi connectivity index (χ2n) is 4.05. The highest BCUT2D eigenvalue weighted by Gasteiger charge is 2.15. The predicted octanol–water partition coefficient (Wildman–Crippen LogP) is 2.15. The van der Waals surface area contributed by atoms with Gasteiger partial charge in [-0.25, -0.2) is 13.1 Å². The molecular weight excluding hydrogens is 282 g/mol. The quantitative estimate of drug-likeness (QED) is 0.858. The summed E-state index contributed by atoms with van der Waals surface area (Å²) in [5.74, 6) is 0. The highest BCUT2D eigenvalue weighted by Crippen LogP contribution is 2.17. The van der Waals surface area contributed by atoms with Gasteiger partial charge >= 0.3 is 0 Å². The SMILES string of the molecule is O=S(=O)(NCCC(O)c1ccccc1)c1cccs1. The Balaban J connectivity index is 1.87. The van der Waals surface area contributed by atoms with Crippen molar-refractivity contribution in [1.29, 1.82) is 0 Å². The lowest BCUT2D eigenvalue weighted by molar-refractivity contribution is 0.169. The van der Waals surface area contributed by atoms with Crippen LogP contribution in [0.2, 0.25) is 0 Å². The van der Waals surface area contributed by atoms with Crippen LogP contribution in [-0.2, 0) is 10.0 Å². The van der Waals surface area contributed by atoms with Gasteiger partial charge in [0.05, 0.1) is 6.10 Å². The summed E-state index contributed by atoms with van der Waals surface area (Å²) in [4.78, 5) is 0. The summed E-state index contributed by atoms with van der Waals surface area (Å²) in [6, 6.07) is 12.4. The minimum absolute atomic E-state index is 0.205. The molecule has 0 bridgehead atoms. The van der Waals surface area contributed by atoms with Crippen molar-refractivity contribution in [3.8, 4) is 0 Å². The van der Waals surface area contributed by atoms with Crippen molar-refractivity contribution in [3.05, 3.63) is 53.4 Å². The number of rotatable bonds is 6. The van der Waals surface area contributed by atoms with Gasteiger partial charge in [0.2, 0.25) is 10.0 Å². The molecule has 6 heteroatoms. The molecule has 0 saturated heterocycles. The normalized spacial score (nSPS) is 13.3. The van der Waals surface area contributed by atoms with Crippen LogP contribution in [-0.4, -0.2) is 20.1 Å². The van der Waals surface area contributed by atoms with E-state index in [1.807, 2.05) is 30.3 Å². The van der Waals surface area contributed by atoms with E-state index in [4.69, 9.17) is 0 Å². The van der Waals surface area contributed by atoms with Gasteiger partial charge in [-0.05, 0) is 23.4 Å². The molecule has 1 unspecified atom stereocenters. The molecule has 1 aromatic heterocycles. The van der Waals surface area contributed by atoms with Crippen LogP contribution >= 0.6 is 11.3 Å². The smallest absolute Gasteiger partial charge is 0.250 e. The van der Waals surface area contributed by atoms with Gasteiger partial charge in [-0.15, -0.1) is 11.3 Å². The number of sulfonamides is 1. The largest absolute Gasteiger partial charge is 0.388 e. The first-order chi connectivity index (χ1) is 9.09. The zero-order valence-electron chi connectivity index (χ0n) is 10.2. The first-order valence-corrected chi connectivity index (χ1v) is 8.22. The second-order valence-corrected chi connectivity index (χ2v) is 6.99. The second kappa shape index (κ2) is 6.29. The van der Waals surface area contributed by atoms with Crippen molar-refractivity contribution in [2.24, 2.45) is 0 Å². The maximum atomic E-state index is 11.8. The van der Waals surface area contributed by atoms with Gasteiger partial charge in [-0.1, -0.05) is 36.4 Å². The van der Waals surface area contributed by atoms with E-state index in [1.165, 1.54) is 11.3 Å². The Labute approximate surface area is 116 Å². The molecule has 2 rings (SSSR count). The number of benzene rings is 1. The van der Waals surface area contributed by atoms with E-state index >= 15 is 0 Å². The molecule has 0 fully saturated rings. The van der Waals surface area contributed by atoms with Crippen LogP contribution < -0.4 is 4.72 Å². The first kappa shape index (κ1) is 14.2. The number of nitrogens with one attached hydrogen (secondary N) is 1. The van der Waals surface area contributed by atoms with Crippen molar-refractivity contribution in [2.45, 2.75) is 16.7 Å². The Hall–Kier alpha value is -1.21. The molecule has 1 aromatic carbocycles. The van der Waals surface area contributed by atoms with E-state index in [-0.39, 0.29) is 6.54 Å². The molecule has 0 saturated carbocycles. The summed E-state index contributed by atoms with van der Waals surface area (Å²) in [5.41, 5.74) is 0.790. The Morgan fingerprint density at radius 3 is 2.53 bits per heavy atom. The third kappa shape index (κ3) is 3.87. The molecule has 102 valence electrons. The standard InChI is InChI=1S/C13H15NO3S2/c15-12(11-5-2-1-3-6-11)8-9-14-19(16,17)13-7-4-10-18-13/h1-7,10,12,14-15H,8-9H2. The zero-order valence-corrected chi connectivity index (χ0v) is 11.8. The van der Waals surface area contributed by atoms with Gasteiger partial charge in [0.15, 0.2) is 0 Å². The average Bonchev–Trinajstić information content (AvgIpc) is 2.94. The first-order valence-electron chi connectivity index (χ1n) is 5.86. The van der Waals surface area contributed by atoms with Crippen molar-refractivity contribution < 1.29 is 13.5 Å². The van der Waals surface area contributed by atoms with E-state index in [0.29, 0.717) is 10.6 Å². The molecule has 2 aromatic rings. The van der Waals surface area contributed by atoms with Crippen molar-refractivity contribution in [1.82, 2.24) is 4.72 Å². The number of aliphatic hydroxyl groups is 1. The average molecular weight is 297 g/mol. The monoisotopic (exact) mass is 297 g/mol. The van der Waals surface area contributed by atoms with Crippen LogP contribution in [0.15, 0.2) is 52.1 Å². The molecule has 4 nitrogen and oxygen atoms in total. The third-order valence-electron chi connectivity index (χ3n) is 2.65. The van der Waals surface area contributed by atoms with Crippen molar-refractivity contribution >= 4 is 21.4 Å². The summed E-state index contributed by atoms with van der Waals surface area (Å²) in [6.45, 7) is 0.205. The molecule has 0 aliphatic rings. The van der Waals surface area contributed by atoms with Gasteiger partial charge in [0.25, 0.3) is 0 Å². The maximum Gasteiger partial charge on any atom is 0.250 e. The summed E-state index contributed by atoms with van der Waals surface area (Å²) in [6.07, 6.45) is -0.318. The van der Waals surface area contributed by atoms with E-state index in [1.54, 1.807) is 17.5 Å². The van der Waals surface area contributed by atoms with Gasteiger partial charge < -0.3 is 5.11 Å². The molecule has 0 spiro atoms. The van der Waals surface area contributed by atoms with Crippen LogP contribution in [0.1, 0.15) is 18.1 Å². The van der Waals surface area contributed by atoms with Gasteiger partial charge in [-0.2, -0.15) is 0 Å². The minimum Gasteiger partial charge on any atom is -0.388 e. The fourth-order valence-corrected chi connectivity index (χ4v) is 3.74. The fraction of sp³-hybridized carbons (Fsp3) is 0.231. The number of hydrogen-bond acceptors (Lipinski definition) is 4. The minimum atomic E-state index is -3.44. The molecule has 1 heterocycles. The summed E-state index contributed by atoms with van der Waals surface area (Å²) in [7, 11) is -3.44. The predicted molar refractivity (Wildman–Crippen MR) is 75.5 cm³/mol. The topological polar surface area (TPSA) is 66.4 Å². The molecule has 0 amide bonds. The summed E-state index contributed by atoms with van der Waals surface area (Å²) in [5, 5.41) is 11.6. The van der Waals surface area contributed by atoms with Gasteiger partial charge in [-0.3, -0.25) is 0 Å². The molecular formula is C13H15NO3S2. The van der Waals surface area contributed by atoms with Crippen LogP contribution in [0.25, 0.3) is 0 Å². The van der Waals surface area contributed by atoms with Crippen LogP contribution in [0.5, 0.6) is 0 Å². The van der Waals surface area contributed by atoms with Crippen LogP contribution in [0.4, 0.5) is 0 Å². The van der Waals surface area contributed by atoms with Crippen molar-refractivity contribution in [2.75, 3.05) is 6.54 Å². The lowest BCUT2D eigenvalue weighted by atomic mass is 10.1. The summed E-state index contributed by atoms with van der Waals surface area (Å²) < 4.78 is 26.4.